The van der Waals surface area contributed by atoms with Crippen molar-refractivity contribution in [3.8, 4) is 0 Å². The van der Waals surface area contributed by atoms with Gasteiger partial charge >= 0.3 is 5.97 Å². The van der Waals surface area contributed by atoms with E-state index in [2.05, 4.69) is 17.3 Å². The van der Waals surface area contributed by atoms with Gasteiger partial charge < -0.3 is 15.0 Å². The molecule has 1 aliphatic carbocycles. The lowest BCUT2D eigenvalue weighted by Crippen LogP contribution is -2.32. The van der Waals surface area contributed by atoms with Gasteiger partial charge in [0.1, 0.15) is 0 Å². The molecule has 1 N–H and O–H groups in total. The van der Waals surface area contributed by atoms with Gasteiger partial charge in [-0.3, -0.25) is 4.79 Å². The Bertz CT molecular complexity index is 277. The number of rotatable bonds is 6. The fourth-order valence-electron chi connectivity index (χ4n) is 2.72. The molecule has 98 valence electrons. The third-order valence-electron chi connectivity index (χ3n) is 4.15. The van der Waals surface area contributed by atoms with Crippen molar-refractivity contribution < 1.29 is 9.53 Å². The van der Waals surface area contributed by atoms with Crippen molar-refractivity contribution in [1.29, 1.82) is 0 Å². The van der Waals surface area contributed by atoms with E-state index in [-0.39, 0.29) is 11.4 Å². The van der Waals surface area contributed by atoms with Crippen LogP contribution in [0, 0.1) is 11.3 Å². The Labute approximate surface area is 104 Å². The van der Waals surface area contributed by atoms with Gasteiger partial charge in [0.25, 0.3) is 0 Å². The van der Waals surface area contributed by atoms with Crippen LogP contribution in [-0.2, 0) is 9.53 Å². The quantitative estimate of drug-likeness (QED) is 0.552. The number of likely N-dealkylation sites (tertiary alicyclic amines) is 1. The molecule has 0 amide bonds. The number of carbonyl (C=O) groups is 1. The van der Waals surface area contributed by atoms with E-state index in [0.29, 0.717) is 0 Å². The first-order valence-corrected chi connectivity index (χ1v) is 6.64. The number of nitrogens with zero attached hydrogens (tertiary/aromatic N) is 1. The molecule has 4 heteroatoms. The van der Waals surface area contributed by atoms with Gasteiger partial charge in [-0.25, -0.2) is 0 Å². The Morgan fingerprint density at radius 3 is 2.82 bits per heavy atom. The van der Waals surface area contributed by atoms with Gasteiger partial charge in [0, 0.05) is 13.1 Å². The number of ether oxygens (including phenoxy) is 1. The lowest BCUT2D eigenvalue weighted by atomic mass is 10.0. The van der Waals surface area contributed by atoms with E-state index in [0.717, 1.165) is 31.8 Å². The molecule has 17 heavy (non-hydrogen) atoms. The second-order valence-corrected chi connectivity index (χ2v) is 5.65. The number of hydrogen-bond donors (Lipinski definition) is 1. The number of nitrogens with one attached hydrogen (secondary N) is 1. The van der Waals surface area contributed by atoms with Crippen LogP contribution in [0.1, 0.15) is 25.7 Å². The second kappa shape index (κ2) is 5.36. The Morgan fingerprint density at radius 2 is 2.29 bits per heavy atom. The van der Waals surface area contributed by atoms with E-state index in [1.165, 1.54) is 33.0 Å². The van der Waals surface area contributed by atoms with Gasteiger partial charge in [-0.2, -0.15) is 0 Å². The third-order valence-corrected chi connectivity index (χ3v) is 4.15. The summed E-state index contributed by atoms with van der Waals surface area (Å²) in [6.07, 6.45) is 4.51. The minimum absolute atomic E-state index is 0.0365. The minimum atomic E-state index is -0.179. The van der Waals surface area contributed by atoms with Crippen molar-refractivity contribution in [3.63, 3.8) is 0 Å². The molecule has 0 aromatic carbocycles. The highest BCUT2D eigenvalue weighted by molar-refractivity contribution is 5.80. The number of carbonyl (C=O) groups excluding carboxylic acids is 1. The second-order valence-electron chi connectivity index (χ2n) is 5.65. The van der Waals surface area contributed by atoms with Crippen LogP contribution < -0.4 is 5.32 Å². The summed E-state index contributed by atoms with van der Waals surface area (Å²) in [5.41, 5.74) is -0.179. The smallest absolute Gasteiger partial charge is 0.313 e. The zero-order valence-corrected chi connectivity index (χ0v) is 11.0. The number of methoxy groups -OCH3 is 1. The molecule has 4 nitrogen and oxygen atoms in total. The van der Waals surface area contributed by atoms with Crippen LogP contribution in [0.3, 0.4) is 0 Å². The monoisotopic (exact) mass is 240 g/mol. The summed E-state index contributed by atoms with van der Waals surface area (Å²) < 4.78 is 4.84. The van der Waals surface area contributed by atoms with Crippen LogP contribution >= 0.6 is 0 Å². The highest BCUT2D eigenvalue weighted by Gasteiger charge is 2.50. The molecule has 2 fully saturated rings. The van der Waals surface area contributed by atoms with Crippen molar-refractivity contribution in [2.45, 2.75) is 25.7 Å². The van der Waals surface area contributed by atoms with Crippen LogP contribution in [-0.4, -0.2) is 51.2 Å². The summed E-state index contributed by atoms with van der Waals surface area (Å²) in [7, 11) is 3.67. The maximum absolute atomic E-state index is 11.5. The topological polar surface area (TPSA) is 41.6 Å². The highest BCUT2D eigenvalue weighted by Crippen LogP contribution is 2.45. The van der Waals surface area contributed by atoms with Crippen LogP contribution in [0.5, 0.6) is 0 Å². The van der Waals surface area contributed by atoms with Crippen LogP contribution in [0.25, 0.3) is 0 Å². The van der Waals surface area contributed by atoms with E-state index >= 15 is 0 Å². The molecule has 0 aromatic heterocycles. The van der Waals surface area contributed by atoms with Crippen LogP contribution in [0.4, 0.5) is 0 Å². The van der Waals surface area contributed by atoms with Gasteiger partial charge in [0.05, 0.1) is 12.5 Å². The predicted molar refractivity (Wildman–Crippen MR) is 66.8 cm³/mol. The Morgan fingerprint density at radius 1 is 1.53 bits per heavy atom. The normalized spacial score (nSPS) is 27.1. The lowest BCUT2D eigenvalue weighted by molar-refractivity contribution is -0.146. The van der Waals surface area contributed by atoms with Gasteiger partial charge in [-0.05, 0) is 51.7 Å². The van der Waals surface area contributed by atoms with Crippen molar-refractivity contribution in [3.05, 3.63) is 0 Å². The molecule has 1 aliphatic heterocycles. The van der Waals surface area contributed by atoms with E-state index in [1.807, 2.05) is 0 Å². The SMILES string of the molecule is COC(=O)C1(CNCCC2CCN(C)C2)CC1. The summed E-state index contributed by atoms with van der Waals surface area (Å²) >= 11 is 0. The first-order chi connectivity index (χ1) is 8.16. The largest absolute Gasteiger partial charge is 0.469 e. The molecule has 0 bridgehead atoms. The molecule has 0 radical (unpaired) electrons. The fraction of sp³-hybridized carbons (Fsp3) is 0.923. The molecule has 1 heterocycles. The number of esters is 1. The molecular formula is C13H24N2O2. The predicted octanol–water partition coefficient (Wildman–Crippen LogP) is 0.871. The summed E-state index contributed by atoms with van der Waals surface area (Å²) in [5, 5.41) is 3.43. The maximum atomic E-state index is 11.5. The molecule has 2 rings (SSSR count). The standard InChI is InChI=1S/C13H24N2O2/c1-15-8-4-11(9-15)3-7-14-10-13(5-6-13)12(16)17-2/h11,14H,3-10H2,1-2H3. The van der Waals surface area contributed by atoms with E-state index < -0.39 is 0 Å². The molecule has 1 unspecified atom stereocenters. The molecule has 2 aliphatic rings. The summed E-state index contributed by atoms with van der Waals surface area (Å²) in [5.74, 6) is 0.798. The first kappa shape index (κ1) is 12.8. The van der Waals surface area contributed by atoms with Gasteiger partial charge in [0.2, 0.25) is 0 Å². The molecule has 1 saturated carbocycles. The Balaban J connectivity index is 1.59. The van der Waals surface area contributed by atoms with Crippen molar-refractivity contribution in [2.24, 2.45) is 11.3 Å². The molecular weight excluding hydrogens is 216 g/mol. The van der Waals surface area contributed by atoms with Gasteiger partial charge in [-0.1, -0.05) is 0 Å². The van der Waals surface area contributed by atoms with E-state index in [1.54, 1.807) is 0 Å². The fourth-order valence-corrected chi connectivity index (χ4v) is 2.72. The average molecular weight is 240 g/mol. The molecule has 1 saturated heterocycles. The number of hydrogen-bond acceptors (Lipinski definition) is 4. The van der Waals surface area contributed by atoms with Crippen LogP contribution in [0.2, 0.25) is 0 Å². The zero-order valence-electron chi connectivity index (χ0n) is 11.0. The van der Waals surface area contributed by atoms with Crippen molar-refractivity contribution in [1.82, 2.24) is 10.2 Å². The molecule has 1 atom stereocenters. The Hall–Kier alpha value is -0.610. The van der Waals surface area contributed by atoms with Gasteiger partial charge in [0.15, 0.2) is 0 Å². The maximum Gasteiger partial charge on any atom is 0.313 e. The third kappa shape index (κ3) is 3.19. The van der Waals surface area contributed by atoms with Crippen molar-refractivity contribution in [2.75, 3.05) is 40.3 Å². The average Bonchev–Trinajstić information content (AvgIpc) is 3.01. The zero-order chi connectivity index (χ0) is 12.3. The molecule has 0 spiro atoms. The Kier molecular flexibility index (Phi) is 4.05. The van der Waals surface area contributed by atoms with E-state index in [9.17, 15) is 4.79 Å². The van der Waals surface area contributed by atoms with E-state index in [4.69, 9.17) is 4.74 Å². The van der Waals surface area contributed by atoms with Crippen molar-refractivity contribution >= 4 is 5.97 Å². The lowest BCUT2D eigenvalue weighted by Gasteiger charge is -2.15. The summed E-state index contributed by atoms with van der Waals surface area (Å²) in [6, 6.07) is 0. The summed E-state index contributed by atoms with van der Waals surface area (Å²) in [6.45, 7) is 4.28. The van der Waals surface area contributed by atoms with Gasteiger partial charge in [-0.15, -0.1) is 0 Å². The minimum Gasteiger partial charge on any atom is -0.469 e. The first-order valence-electron chi connectivity index (χ1n) is 6.64. The summed E-state index contributed by atoms with van der Waals surface area (Å²) in [4.78, 5) is 13.9. The highest BCUT2D eigenvalue weighted by atomic mass is 16.5. The van der Waals surface area contributed by atoms with Crippen LogP contribution in [0.15, 0.2) is 0 Å². The molecule has 0 aromatic rings.